The standard InChI is InChI=1S/C16H16ClF3N2OS2/c1-11(16(18,19)20)4-5-13(17)7-15(23)10-25-14(24)22(15)9-12-3-2-6-21-8-12/h2-6,8,23H,7,9-10H2,1H3/b11-4+,13-5+. The summed E-state index contributed by atoms with van der Waals surface area (Å²) in [5.74, 6) is 0.290. The fourth-order valence-electron chi connectivity index (χ4n) is 2.17. The molecule has 1 aromatic heterocycles. The Morgan fingerprint density at radius 2 is 2.24 bits per heavy atom. The van der Waals surface area contributed by atoms with Crippen LogP contribution in [0.4, 0.5) is 13.2 Å². The molecule has 1 fully saturated rings. The maximum Gasteiger partial charge on any atom is 0.412 e. The van der Waals surface area contributed by atoms with Gasteiger partial charge < -0.3 is 10.0 Å². The number of pyridine rings is 1. The first-order valence-electron chi connectivity index (χ1n) is 7.28. The summed E-state index contributed by atoms with van der Waals surface area (Å²) in [5, 5.41) is 11.0. The summed E-state index contributed by atoms with van der Waals surface area (Å²) in [4.78, 5) is 5.65. The van der Waals surface area contributed by atoms with Crippen molar-refractivity contribution in [2.24, 2.45) is 0 Å². The fourth-order valence-corrected chi connectivity index (χ4v) is 3.87. The molecule has 1 saturated heterocycles. The maximum atomic E-state index is 12.5. The van der Waals surface area contributed by atoms with E-state index in [1.165, 1.54) is 11.8 Å². The van der Waals surface area contributed by atoms with Gasteiger partial charge in [0.1, 0.15) is 4.32 Å². The largest absolute Gasteiger partial charge is 0.412 e. The van der Waals surface area contributed by atoms with E-state index in [0.717, 1.165) is 24.6 Å². The molecule has 1 aromatic rings. The molecule has 0 aromatic carbocycles. The molecule has 1 N–H and O–H groups in total. The van der Waals surface area contributed by atoms with E-state index in [0.29, 0.717) is 10.9 Å². The van der Waals surface area contributed by atoms with Crippen molar-refractivity contribution in [1.29, 1.82) is 0 Å². The summed E-state index contributed by atoms with van der Waals surface area (Å²) in [6.45, 7) is 1.31. The number of thioether (sulfide) groups is 1. The lowest BCUT2D eigenvalue weighted by Crippen LogP contribution is -2.46. The summed E-state index contributed by atoms with van der Waals surface area (Å²) < 4.78 is 38.0. The quantitative estimate of drug-likeness (QED) is 0.568. The summed E-state index contributed by atoms with van der Waals surface area (Å²) >= 11 is 12.6. The average molecular weight is 409 g/mol. The number of aromatic nitrogens is 1. The Labute approximate surface area is 158 Å². The number of thiocarbonyl (C=S) groups is 1. The molecule has 2 heterocycles. The second kappa shape index (κ2) is 8.07. The van der Waals surface area contributed by atoms with Gasteiger partial charge in [-0.2, -0.15) is 13.2 Å². The third-order valence-electron chi connectivity index (χ3n) is 3.63. The lowest BCUT2D eigenvalue weighted by atomic mass is 10.1. The van der Waals surface area contributed by atoms with E-state index in [4.69, 9.17) is 23.8 Å². The molecule has 1 aliphatic rings. The summed E-state index contributed by atoms with van der Waals surface area (Å²) in [5.41, 5.74) is -1.26. The molecule has 0 radical (unpaired) electrons. The highest BCUT2D eigenvalue weighted by atomic mass is 35.5. The molecule has 0 bridgehead atoms. The molecule has 0 amide bonds. The van der Waals surface area contributed by atoms with Gasteiger partial charge in [0.15, 0.2) is 5.72 Å². The Morgan fingerprint density at radius 1 is 1.52 bits per heavy atom. The second-order valence-corrected chi connectivity index (χ2v) is 7.72. The predicted molar refractivity (Wildman–Crippen MR) is 98.2 cm³/mol. The summed E-state index contributed by atoms with van der Waals surface area (Å²) in [7, 11) is 0. The van der Waals surface area contributed by atoms with Crippen LogP contribution in [0.1, 0.15) is 18.9 Å². The molecule has 9 heteroatoms. The maximum absolute atomic E-state index is 12.5. The van der Waals surface area contributed by atoms with Crippen molar-refractivity contribution in [1.82, 2.24) is 9.88 Å². The van der Waals surface area contributed by atoms with Gasteiger partial charge in [0.25, 0.3) is 0 Å². The van der Waals surface area contributed by atoms with Crippen LogP contribution in [-0.2, 0) is 6.54 Å². The van der Waals surface area contributed by atoms with Gasteiger partial charge in [-0.15, -0.1) is 0 Å². The van der Waals surface area contributed by atoms with Gasteiger partial charge in [0.2, 0.25) is 0 Å². The lowest BCUT2D eigenvalue weighted by Gasteiger charge is -2.34. The smallest absolute Gasteiger partial charge is 0.370 e. The van der Waals surface area contributed by atoms with Crippen LogP contribution in [-0.4, -0.2) is 37.0 Å². The first kappa shape index (κ1) is 20.2. The molecular weight excluding hydrogens is 393 g/mol. The third-order valence-corrected chi connectivity index (χ3v) is 5.53. The van der Waals surface area contributed by atoms with Crippen molar-refractivity contribution in [3.63, 3.8) is 0 Å². The van der Waals surface area contributed by atoms with Crippen LogP contribution in [0.5, 0.6) is 0 Å². The van der Waals surface area contributed by atoms with Gasteiger partial charge >= 0.3 is 6.18 Å². The summed E-state index contributed by atoms with van der Waals surface area (Å²) in [6.07, 6.45) is 0.945. The van der Waals surface area contributed by atoms with Gasteiger partial charge in [-0.25, -0.2) is 0 Å². The first-order valence-corrected chi connectivity index (χ1v) is 9.05. The molecule has 0 saturated carbocycles. The monoisotopic (exact) mass is 408 g/mol. The van der Waals surface area contributed by atoms with Crippen molar-refractivity contribution >= 4 is 39.9 Å². The first-order chi connectivity index (χ1) is 11.6. The van der Waals surface area contributed by atoms with Crippen LogP contribution in [0.15, 0.2) is 47.3 Å². The molecule has 1 atom stereocenters. The topological polar surface area (TPSA) is 36.4 Å². The third kappa shape index (κ3) is 5.44. The lowest BCUT2D eigenvalue weighted by molar-refractivity contribution is -0.0912. The number of aliphatic hydroxyl groups is 1. The van der Waals surface area contributed by atoms with Crippen molar-refractivity contribution in [2.45, 2.75) is 31.8 Å². The van der Waals surface area contributed by atoms with Crippen LogP contribution in [0, 0.1) is 0 Å². The SMILES string of the molecule is C/C(=C\C=C(\Cl)CC1(O)CSC(=S)N1Cc1cccnc1)C(F)(F)F. The van der Waals surface area contributed by atoms with Crippen LogP contribution >= 0.6 is 35.6 Å². The zero-order valence-electron chi connectivity index (χ0n) is 13.3. The average Bonchev–Trinajstić information content (AvgIpc) is 2.81. The van der Waals surface area contributed by atoms with E-state index in [1.807, 2.05) is 6.07 Å². The Bertz CT molecular complexity index is 694. The van der Waals surface area contributed by atoms with Gasteiger partial charge in [0.05, 0.1) is 0 Å². The number of rotatable bonds is 5. The van der Waals surface area contributed by atoms with Crippen molar-refractivity contribution in [2.75, 3.05) is 5.75 Å². The van der Waals surface area contributed by atoms with E-state index in [1.54, 1.807) is 23.4 Å². The number of alkyl halides is 3. The second-order valence-electron chi connectivity index (χ2n) is 5.62. The predicted octanol–water partition coefficient (Wildman–Crippen LogP) is 4.63. The van der Waals surface area contributed by atoms with E-state index in [-0.39, 0.29) is 17.2 Å². The minimum Gasteiger partial charge on any atom is -0.370 e. The van der Waals surface area contributed by atoms with Crippen molar-refractivity contribution in [3.8, 4) is 0 Å². The zero-order chi connectivity index (χ0) is 18.7. The number of allylic oxidation sites excluding steroid dienone is 3. The van der Waals surface area contributed by atoms with Gasteiger partial charge in [0, 0.05) is 41.7 Å². The summed E-state index contributed by atoms with van der Waals surface area (Å²) in [6, 6.07) is 3.63. The fraction of sp³-hybridized carbons (Fsp3) is 0.375. The minimum absolute atomic E-state index is 0.0242. The Hall–Kier alpha value is -1.09. The van der Waals surface area contributed by atoms with Crippen LogP contribution < -0.4 is 0 Å². The van der Waals surface area contributed by atoms with Crippen molar-refractivity contribution < 1.29 is 18.3 Å². The van der Waals surface area contributed by atoms with Crippen LogP contribution in [0.3, 0.4) is 0 Å². The number of nitrogens with zero attached hydrogens (tertiary/aromatic N) is 2. The van der Waals surface area contributed by atoms with E-state index in [2.05, 4.69) is 4.98 Å². The number of hydrogen-bond acceptors (Lipinski definition) is 4. The van der Waals surface area contributed by atoms with E-state index >= 15 is 0 Å². The van der Waals surface area contributed by atoms with Crippen molar-refractivity contribution in [3.05, 3.63) is 52.8 Å². The molecule has 1 unspecified atom stereocenters. The molecular formula is C16H16ClF3N2OS2. The van der Waals surface area contributed by atoms with Gasteiger partial charge in [-0.3, -0.25) is 4.98 Å². The Balaban J connectivity index is 2.14. The molecule has 3 nitrogen and oxygen atoms in total. The normalized spacial score (nSPS) is 22.6. The highest BCUT2D eigenvalue weighted by Crippen LogP contribution is 2.38. The van der Waals surface area contributed by atoms with Gasteiger partial charge in [-0.05, 0) is 24.6 Å². The van der Waals surface area contributed by atoms with Crippen LogP contribution in [0.2, 0.25) is 0 Å². The van der Waals surface area contributed by atoms with Gasteiger partial charge in [-0.1, -0.05) is 47.7 Å². The molecule has 25 heavy (non-hydrogen) atoms. The highest BCUT2D eigenvalue weighted by molar-refractivity contribution is 8.23. The molecule has 136 valence electrons. The minimum atomic E-state index is -4.40. The molecule has 1 aliphatic heterocycles. The van der Waals surface area contributed by atoms with Crippen LogP contribution in [0.25, 0.3) is 0 Å². The highest BCUT2D eigenvalue weighted by Gasteiger charge is 2.42. The molecule has 2 rings (SSSR count). The Kier molecular flexibility index (Phi) is 6.53. The van der Waals surface area contributed by atoms with E-state index < -0.39 is 17.5 Å². The zero-order valence-corrected chi connectivity index (χ0v) is 15.6. The van der Waals surface area contributed by atoms with E-state index in [9.17, 15) is 18.3 Å². The molecule has 0 aliphatic carbocycles. The Morgan fingerprint density at radius 3 is 2.84 bits per heavy atom. The number of hydrogen-bond donors (Lipinski definition) is 1. The molecule has 0 spiro atoms. The number of halogens is 4.